The molecule has 0 bridgehead atoms. The fourth-order valence-electron chi connectivity index (χ4n) is 3.08. The Labute approximate surface area is 155 Å². The van der Waals surface area contributed by atoms with Gasteiger partial charge in [-0.3, -0.25) is 10.1 Å². The number of benzene rings is 1. The number of amides is 1. The molecule has 0 aromatic heterocycles. The highest BCUT2D eigenvalue weighted by Crippen LogP contribution is 2.21. The van der Waals surface area contributed by atoms with Crippen molar-refractivity contribution < 1.29 is 9.90 Å². The number of aliphatic hydroxyl groups is 1. The molecule has 2 rings (SSSR count). The largest absolute Gasteiger partial charge is 0.405 e. The van der Waals surface area contributed by atoms with Gasteiger partial charge in [0.15, 0.2) is 0 Å². The summed E-state index contributed by atoms with van der Waals surface area (Å²) in [5, 5.41) is 16.1. The molecule has 5 N–H and O–H groups in total. The lowest BCUT2D eigenvalue weighted by atomic mass is 9.92. The predicted molar refractivity (Wildman–Crippen MR) is 105 cm³/mol. The highest BCUT2D eigenvalue weighted by Gasteiger charge is 2.27. The van der Waals surface area contributed by atoms with Crippen LogP contribution < -0.4 is 16.4 Å². The van der Waals surface area contributed by atoms with E-state index in [1.165, 1.54) is 11.8 Å². The van der Waals surface area contributed by atoms with Crippen molar-refractivity contribution in [3.8, 4) is 0 Å². The first-order valence-corrected chi connectivity index (χ1v) is 9.07. The van der Waals surface area contributed by atoms with Gasteiger partial charge in [0.2, 0.25) is 0 Å². The van der Waals surface area contributed by atoms with Crippen LogP contribution in [0.5, 0.6) is 0 Å². The molecule has 3 unspecified atom stereocenters. The molecule has 140 valence electrons. The van der Waals surface area contributed by atoms with E-state index >= 15 is 0 Å². The summed E-state index contributed by atoms with van der Waals surface area (Å²) in [7, 11) is 0. The smallest absolute Gasteiger partial charge is 0.251 e. The van der Waals surface area contributed by atoms with E-state index in [1.54, 1.807) is 0 Å². The Morgan fingerprint density at radius 1 is 1.42 bits per heavy atom. The number of rotatable bonds is 7. The van der Waals surface area contributed by atoms with Crippen molar-refractivity contribution in [1.29, 1.82) is 0 Å². The van der Waals surface area contributed by atoms with Crippen LogP contribution in [-0.4, -0.2) is 29.8 Å². The molecule has 26 heavy (non-hydrogen) atoms. The van der Waals surface area contributed by atoms with Crippen LogP contribution in [0.15, 0.2) is 65.9 Å². The van der Waals surface area contributed by atoms with Crippen LogP contribution in [-0.2, 0) is 11.2 Å². The third-order valence-corrected chi connectivity index (χ3v) is 4.61. The maximum absolute atomic E-state index is 12.6. The lowest BCUT2D eigenvalue weighted by Crippen LogP contribution is -2.46. The van der Waals surface area contributed by atoms with Crippen molar-refractivity contribution in [2.75, 3.05) is 6.54 Å². The Hall–Kier alpha value is -2.37. The van der Waals surface area contributed by atoms with Gasteiger partial charge in [-0.1, -0.05) is 42.5 Å². The average molecular weight is 355 g/mol. The Morgan fingerprint density at radius 2 is 2.15 bits per heavy atom. The van der Waals surface area contributed by atoms with E-state index in [-0.39, 0.29) is 17.9 Å². The van der Waals surface area contributed by atoms with Crippen LogP contribution in [0.2, 0.25) is 0 Å². The van der Waals surface area contributed by atoms with Crippen molar-refractivity contribution in [1.82, 2.24) is 10.6 Å². The molecule has 0 saturated heterocycles. The summed E-state index contributed by atoms with van der Waals surface area (Å²) < 4.78 is 0. The molecule has 0 radical (unpaired) electrons. The average Bonchev–Trinajstić information content (AvgIpc) is 2.65. The molecule has 3 atom stereocenters. The van der Waals surface area contributed by atoms with Gasteiger partial charge in [-0.15, -0.1) is 0 Å². The van der Waals surface area contributed by atoms with Gasteiger partial charge in [-0.2, -0.15) is 0 Å². The highest BCUT2D eigenvalue weighted by molar-refractivity contribution is 5.94. The highest BCUT2D eigenvalue weighted by atomic mass is 16.3. The molecule has 1 amide bonds. The molecule has 0 saturated carbocycles. The Balaban J connectivity index is 1.98. The first-order chi connectivity index (χ1) is 12.5. The van der Waals surface area contributed by atoms with Gasteiger partial charge < -0.3 is 16.2 Å². The second kappa shape index (κ2) is 9.94. The van der Waals surface area contributed by atoms with Gasteiger partial charge >= 0.3 is 0 Å². The second-order valence-corrected chi connectivity index (χ2v) is 6.59. The van der Waals surface area contributed by atoms with Crippen LogP contribution in [0.4, 0.5) is 0 Å². The summed E-state index contributed by atoms with van der Waals surface area (Å²) in [5.41, 5.74) is 8.11. The number of hydrogen-bond acceptors (Lipinski definition) is 4. The number of hydrogen-bond donors (Lipinski definition) is 4. The minimum Gasteiger partial charge on any atom is -0.405 e. The molecule has 5 nitrogen and oxygen atoms in total. The van der Waals surface area contributed by atoms with Crippen LogP contribution in [0.1, 0.15) is 25.8 Å². The fourth-order valence-corrected chi connectivity index (χ4v) is 3.08. The third kappa shape index (κ3) is 5.58. The van der Waals surface area contributed by atoms with Gasteiger partial charge in [-0.05, 0) is 50.1 Å². The monoisotopic (exact) mass is 355 g/mol. The van der Waals surface area contributed by atoms with Crippen molar-refractivity contribution in [2.45, 2.75) is 39.0 Å². The number of aryl methyl sites for hydroxylation is 1. The Morgan fingerprint density at radius 3 is 2.81 bits per heavy atom. The summed E-state index contributed by atoms with van der Waals surface area (Å²) in [6, 6.07) is 10.2. The van der Waals surface area contributed by atoms with Crippen LogP contribution in [0.25, 0.3) is 0 Å². The molecule has 0 spiro atoms. The van der Waals surface area contributed by atoms with E-state index in [4.69, 9.17) is 5.73 Å². The summed E-state index contributed by atoms with van der Waals surface area (Å²) in [5.74, 6) is -0.231. The van der Waals surface area contributed by atoms with E-state index in [0.29, 0.717) is 12.1 Å². The number of carbonyl (C=O) groups excluding carboxylic acids is 1. The topological polar surface area (TPSA) is 87.4 Å². The molecular formula is C21H29N3O2. The van der Waals surface area contributed by atoms with Crippen LogP contribution in [0, 0.1) is 5.92 Å². The molecule has 1 aliphatic rings. The quantitative estimate of drug-likeness (QED) is 0.564. The molecule has 1 aliphatic heterocycles. The first kappa shape index (κ1) is 19.9. The van der Waals surface area contributed by atoms with Gasteiger partial charge in [0.1, 0.15) is 6.23 Å². The zero-order valence-corrected chi connectivity index (χ0v) is 15.5. The molecule has 0 aliphatic carbocycles. The first-order valence-electron chi connectivity index (χ1n) is 9.07. The molecular weight excluding hydrogens is 326 g/mol. The minimum absolute atomic E-state index is 0.00331. The van der Waals surface area contributed by atoms with Crippen LogP contribution in [0.3, 0.4) is 0 Å². The Kier molecular flexibility index (Phi) is 7.63. The summed E-state index contributed by atoms with van der Waals surface area (Å²) in [6.07, 6.45) is 7.88. The van der Waals surface area contributed by atoms with Gasteiger partial charge in [0, 0.05) is 18.5 Å². The lowest BCUT2D eigenvalue weighted by molar-refractivity contribution is -0.119. The normalized spacial score (nSPS) is 22.1. The van der Waals surface area contributed by atoms with E-state index in [2.05, 4.69) is 22.8 Å². The summed E-state index contributed by atoms with van der Waals surface area (Å²) in [6.45, 7) is 4.47. The molecule has 0 fully saturated rings. The molecule has 1 aromatic carbocycles. The minimum atomic E-state index is -0.951. The van der Waals surface area contributed by atoms with E-state index in [0.717, 1.165) is 18.4 Å². The SMILES string of the molecule is C/C=C(\C=C/N)C1C=C(C(=O)NC(C)CCc2ccccc2)C(O)NC1. The van der Waals surface area contributed by atoms with Crippen LogP contribution >= 0.6 is 0 Å². The molecule has 5 heteroatoms. The number of nitrogens with two attached hydrogens (primary N) is 1. The van der Waals surface area contributed by atoms with Gasteiger partial charge in [0.25, 0.3) is 5.91 Å². The third-order valence-electron chi connectivity index (χ3n) is 4.61. The second-order valence-electron chi connectivity index (χ2n) is 6.59. The zero-order valence-electron chi connectivity index (χ0n) is 15.5. The number of nitrogens with one attached hydrogen (secondary N) is 2. The predicted octanol–water partition coefficient (Wildman–Crippen LogP) is 2.01. The summed E-state index contributed by atoms with van der Waals surface area (Å²) in [4.78, 5) is 12.6. The van der Waals surface area contributed by atoms with Crippen molar-refractivity contribution in [3.05, 3.63) is 71.5 Å². The summed E-state index contributed by atoms with van der Waals surface area (Å²) >= 11 is 0. The number of carbonyl (C=O) groups is 1. The molecule has 1 heterocycles. The standard InChI is InChI=1S/C21H29N3O2/c1-3-17(11-12-22)18-13-19(20(25)23-14-18)21(26)24-15(2)9-10-16-7-5-4-6-8-16/h3-8,11-13,15,18,20,23,25H,9-10,14,22H2,1-2H3,(H,24,26)/b12-11-,17-3+. The van der Waals surface area contributed by atoms with Crippen molar-refractivity contribution >= 4 is 5.91 Å². The zero-order chi connectivity index (χ0) is 18.9. The van der Waals surface area contributed by atoms with Crippen molar-refractivity contribution in [2.24, 2.45) is 11.7 Å². The Bertz CT molecular complexity index is 680. The maximum atomic E-state index is 12.6. The number of allylic oxidation sites excluding steroid dienone is 2. The lowest BCUT2D eigenvalue weighted by Gasteiger charge is -2.28. The molecule has 1 aromatic rings. The van der Waals surface area contributed by atoms with E-state index in [1.807, 2.05) is 50.3 Å². The van der Waals surface area contributed by atoms with E-state index < -0.39 is 6.23 Å². The fraction of sp³-hybridized carbons (Fsp3) is 0.381. The van der Waals surface area contributed by atoms with E-state index in [9.17, 15) is 9.90 Å². The van der Waals surface area contributed by atoms with Gasteiger partial charge in [0.05, 0.1) is 5.57 Å². The van der Waals surface area contributed by atoms with Crippen molar-refractivity contribution in [3.63, 3.8) is 0 Å². The maximum Gasteiger partial charge on any atom is 0.251 e. The number of aliphatic hydroxyl groups excluding tert-OH is 1. The van der Waals surface area contributed by atoms with Gasteiger partial charge in [-0.25, -0.2) is 0 Å².